The predicted molar refractivity (Wildman–Crippen MR) is 221 cm³/mol. The highest BCUT2D eigenvalue weighted by molar-refractivity contribution is 5.96. The first-order valence-corrected chi connectivity index (χ1v) is 18.6. The Labute approximate surface area is 312 Å². The first-order valence-electron chi connectivity index (χ1n) is 18.6. The van der Waals surface area contributed by atoms with E-state index in [0.717, 1.165) is 17.1 Å². The van der Waals surface area contributed by atoms with E-state index in [1.54, 1.807) is 0 Å². The van der Waals surface area contributed by atoms with Crippen LogP contribution >= 0.6 is 0 Å². The quantitative estimate of drug-likeness (QED) is 0.169. The van der Waals surface area contributed by atoms with E-state index in [4.69, 9.17) is 0 Å². The van der Waals surface area contributed by atoms with Crippen molar-refractivity contribution < 1.29 is 0 Å². The fourth-order valence-corrected chi connectivity index (χ4v) is 9.42. The maximum Gasteiger partial charge on any atom is 0.0713 e. The molecule has 0 saturated carbocycles. The highest BCUT2D eigenvalue weighted by atomic mass is 15.1. The third kappa shape index (κ3) is 4.64. The zero-order chi connectivity index (χ0) is 35.6. The maximum atomic E-state index is 2.41. The summed E-state index contributed by atoms with van der Waals surface area (Å²) < 4.78 is 0. The van der Waals surface area contributed by atoms with Crippen LogP contribution in [0.1, 0.15) is 47.2 Å². The molecule has 2 aliphatic carbocycles. The molecule has 8 aromatic carbocycles. The van der Waals surface area contributed by atoms with Crippen molar-refractivity contribution in [2.45, 2.75) is 24.7 Å². The lowest BCUT2D eigenvalue weighted by atomic mass is 9.67. The van der Waals surface area contributed by atoms with Crippen LogP contribution in [-0.2, 0) is 10.8 Å². The molecular formula is C52H39N. The van der Waals surface area contributed by atoms with Crippen LogP contribution in [0.3, 0.4) is 0 Å². The predicted octanol–water partition coefficient (Wildman–Crippen LogP) is 13.5. The molecule has 0 unspecified atom stereocenters. The van der Waals surface area contributed by atoms with Crippen molar-refractivity contribution >= 4 is 17.1 Å². The van der Waals surface area contributed by atoms with E-state index in [1.807, 2.05) is 0 Å². The van der Waals surface area contributed by atoms with Crippen LogP contribution in [0.4, 0.5) is 17.1 Å². The summed E-state index contributed by atoms with van der Waals surface area (Å²) in [6, 6.07) is 73.8. The Hall–Kier alpha value is -6.44. The van der Waals surface area contributed by atoms with Gasteiger partial charge in [0.25, 0.3) is 0 Å². The molecule has 0 heterocycles. The molecule has 1 nitrogen and oxygen atoms in total. The molecule has 2 aliphatic rings. The Morgan fingerprint density at radius 2 is 0.849 bits per heavy atom. The Kier molecular flexibility index (Phi) is 7.13. The molecule has 252 valence electrons. The topological polar surface area (TPSA) is 3.24 Å². The van der Waals surface area contributed by atoms with Crippen LogP contribution in [0.25, 0.3) is 33.4 Å². The van der Waals surface area contributed by atoms with Gasteiger partial charge in [-0.15, -0.1) is 0 Å². The maximum absolute atomic E-state index is 2.41. The second-order valence-corrected chi connectivity index (χ2v) is 14.9. The summed E-state index contributed by atoms with van der Waals surface area (Å²) in [5.41, 5.74) is 18.6. The number of para-hydroxylation sites is 1. The monoisotopic (exact) mass is 677 g/mol. The molecule has 8 aromatic rings. The summed E-state index contributed by atoms with van der Waals surface area (Å²) in [5, 5.41) is 0. The molecule has 0 aromatic heterocycles. The number of anilines is 3. The van der Waals surface area contributed by atoms with Gasteiger partial charge in [0.05, 0.1) is 5.41 Å². The van der Waals surface area contributed by atoms with Gasteiger partial charge in [-0.25, -0.2) is 0 Å². The van der Waals surface area contributed by atoms with E-state index < -0.39 is 5.41 Å². The van der Waals surface area contributed by atoms with Crippen LogP contribution in [0, 0.1) is 0 Å². The number of rotatable bonds is 6. The highest BCUT2D eigenvalue weighted by Gasteiger charge is 2.46. The minimum atomic E-state index is -0.438. The number of hydrogen-bond acceptors (Lipinski definition) is 1. The second-order valence-electron chi connectivity index (χ2n) is 14.9. The zero-order valence-electron chi connectivity index (χ0n) is 30.0. The van der Waals surface area contributed by atoms with Crippen LogP contribution in [0.5, 0.6) is 0 Å². The fraction of sp³-hybridized carbons (Fsp3) is 0.0769. The molecule has 0 saturated heterocycles. The fourth-order valence-electron chi connectivity index (χ4n) is 9.42. The first-order chi connectivity index (χ1) is 26.1. The van der Waals surface area contributed by atoms with Crippen LogP contribution in [0.2, 0.25) is 0 Å². The molecule has 53 heavy (non-hydrogen) atoms. The summed E-state index contributed by atoms with van der Waals surface area (Å²) in [5.74, 6) is 0. The minimum absolute atomic E-state index is 0.0410. The SMILES string of the molecule is CC1(C)c2ccccc2-c2cc(N(c3ccccc3)c3cccc(-c4cccc5c4-c4ccccc4C5(c4ccccc4)c4ccccc4)c3)ccc21. The standard InChI is InChI=1S/C52H39N/c1-51(2)46-29-14-12-26-43(46)45-35-41(32-33-47(45)51)53(39-23-10-5-11-24-39)40-25-16-18-36(34-40)42-28-17-31-49-50(42)44-27-13-15-30-48(44)52(49,37-19-6-3-7-20-37)38-21-8-4-9-22-38/h3-35H,1-2H3. The van der Waals surface area contributed by atoms with Gasteiger partial charge in [-0.2, -0.15) is 0 Å². The first kappa shape index (κ1) is 31.3. The molecule has 0 aliphatic heterocycles. The smallest absolute Gasteiger partial charge is 0.0713 e. The van der Waals surface area contributed by atoms with Crippen molar-refractivity contribution in [1.29, 1.82) is 0 Å². The molecule has 0 amide bonds. The van der Waals surface area contributed by atoms with Crippen molar-refractivity contribution in [3.8, 4) is 33.4 Å². The Balaban J connectivity index is 1.18. The van der Waals surface area contributed by atoms with E-state index in [2.05, 4.69) is 219 Å². The lowest BCUT2D eigenvalue weighted by Crippen LogP contribution is -2.28. The Morgan fingerprint density at radius 3 is 1.57 bits per heavy atom. The number of benzene rings is 8. The molecular weight excluding hydrogens is 639 g/mol. The molecule has 0 atom stereocenters. The average molecular weight is 678 g/mol. The summed E-state index contributed by atoms with van der Waals surface area (Å²) >= 11 is 0. The van der Waals surface area contributed by atoms with Crippen LogP contribution in [0.15, 0.2) is 200 Å². The van der Waals surface area contributed by atoms with Crippen molar-refractivity contribution in [1.82, 2.24) is 0 Å². The van der Waals surface area contributed by atoms with Gasteiger partial charge < -0.3 is 4.90 Å². The van der Waals surface area contributed by atoms with Gasteiger partial charge in [0.1, 0.15) is 0 Å². The van der Waals surface area contributed by atoms with Crippen molar-refractivity contribution in [3.63, 3.8) is 0 Å². The Morgan fingerprint density at radius 1 is 0.340 bits per heavy atom. The largest absolute Gasteiger partial charge is 0.310 e. The zero-order valence-corrected chi connectivity index (χ0v) is 30.0. The van der Waals surface area contributed by atoms with E-state index >= 15 is 0 Å². The van der Waals surface area contributed by atoms with Gasteiger partial charge in [0.15, 0.2) is 0 Å². The van der Waals surface area contributed by atoms with Crippen LogP contribution < -0.4 is 4.90 Å². The molecule has 0 bridgehead atoms. The van der Waals surface area contributed by atoms with E-state index in [-0.39, 0.29) is 5.41 Å². The Bertz CT molecular complexity index is 2600. The molecule has 10 rings (SSSR count). The number of fused-ring (bicyclic) bond motifs is 6. The molecule has 0 fully saturated rings. The number of hydrogen-bond donors (Lipinski definition) is 0. The summed E-state index contributed by atoms with van der Waals surface area (Å²) in [6.07, 6.45) is 0. The third-order valence-electron chi connectivity index (χ3n) is 11.7. The van der Waals surface area contributed by atoms with E-state index in [0.29, 0.717) is 0 Å². The molecule has 0 spiro atoms. The highest BCUT2D eigenvalue weighted by Crippen LogP contribution is 2.58. The average Bonchev–Trinajstić information content (AvgIpc) is 3.65. The summed E-state index contributed by atoms with van der Waals surface area (Å²) in [7, 11) is 0. The number of nitrogens with zero attached hydrogens (tertiary/aromatic N) is 1. The minimum Gasteiger partial charge on any atom is -0.310 e. The van der Waals surface area contributed by atoms with Gasteiger partial charge in [0.2, 0.25) is 0 Å². The lowest BCUT2D eigenvalue weighted by Gasteiger charge is -2.34. The van der Waals surface area contributed by atoms with Crippen LogP contribution in [-0.4, -0.2) is 0 Å². The molecule has 1 heteroatoms. The van der Waals surface area contributed by atoms with Crippen molar-refractivity contribution in [3.05, 3.63) is 234 Å². The van der Waals surface area contributed by atoms with Crippen molar-refractivity contribution in [2.75, 3.05) is 4.90 Å². The van der Waals surface area contributed by atoms with Gasteiger partial charge in [-0.1, -0.05) is 178 Å². The normalized spacial score (nSPS) is 14.2. The van der Waals surface area contributed by atoms with E-state index in [9.17, 15) is 0 Å². The molecule has 0 N–H and O–H groups in total. The summed E-state index contributed by atoms with van der Waals surface area (Å²) in [6.45, 7) is 4.69. The van der Waals surface area contributed by atoms with Gasteiger partial charge in [-0.3, -0.25) is 0 Å². The van der Waals surface area contributed by atoms with Gasteiger partial charge in [0, 0.05) is 22.5 Å². The third-order valence-corrected chi connectivity index (χ3v) is 11.7. The van der Waals surface area contributed by atoms with Gasteiger partial charge in [-0.05, 0) is 103 Å². The summed E-state index contributed by atoms with van der Waals surface area (Å²) in [4.78, 5) is 2.41. The molecule has 0 radical (unpaired) electrons. The second kappa shape index (κ2) is 12.1. The van der Waals surface area contributed by atoms with E-state index in [1.165, 1.54) is 66.8 Å². The van der Waals surface area contributed by atoms with Gasteiger partial charge >= 0.3 is 0 Å². The van der Waals surface area contributed by atoms with Crippen molar-refractivity contribution in [2.24, 2.45) is 0 Å². The lowest BCUT2D eigenvalue weighted by molar-refractivity contribution is 0.660.